The first-order chi connectivity index (χ1) is 8.73. The van der Waals surface area contributed by atoms with Gasteiger partial charge in [-0.1, -0.05) is 45.3 Å². The van der Waals surface area contributed by atoms with Crippen LogP contribution in [0.25, 0.3) is 0 Å². The highest BCUT2D eigenvalue weighted by Gasteiger charge is 2.19. The molecular weight excluding hydrogens is 258 g/mol. The van der Waals surface area contributed by atoms with Gasteiger partial charge in [-0.3, -0.25) is 0 Å². The van der Waals surface area contributed by atoms with Crippen LogP contribution in [-0.2, 0) is 12.7 Å². The molecule has 0 heterocycles. The second-order valence-corrected chi connectivity index (χ2v) is 7.78. The van der Waals surface area contributed by atoms with Crippen molar-refractivity contribution in [1.29, 1.82) is 0 Å². The predicted octanol–water partition coefficient (Wildman–Crippen LogP) is 3.28. The lowest BCUT2D eigenvalue weighted by atomic mass is 9.72. The number of hydrogen-bond acceptors (Lipinski definition) is 3. The zero-order valence-corrected chi connectivity index (χ0v) is 13.4. The van der Waals surface area contributed by atoms with Crippen LogP contribution in [0.2, 0.25) is 6.82 Å². The summed E-state index contributed by atoms with van der Waals surface area (Å²) in [6.45, 7) is 8.45. The molecule has 0 radical (unpaired) electrons. The standard InChI is InChI=1S/C14H24BO3P/c1-14(2,3)9-12-8-11(6-7-13(12)18-5)10-15(4)19(16)17/h6-8,16-17H,9-10H2,1-5H3. The lowest BCUT2D eigenvalue weighted by Crippen LogP contribution is -2.13. The minimum absolute atomic E-state index is 0.106. The van der Waals surface area contributed by atoms with Gasteiger partial charge in [-0.2, -0.15) is 0 Å². The second-order valence-electron chi connectivity index (χ2n) is 6.26. The maximum Gasteiger partial charge on any atom is 0.241 e. The molecule has 0 spiro atoms. The van der Waals surface area contributed by atoms with E-state index < -0.39 is 8.25 Å². The smallest absolute Gasteiger partial charge is 0.241 e. The van der Waals surface area contributed by atoms with Crippen LogP contribution in [0.5, 0.6) is 5.75 Å². The van der Waals surface area contributed by atoms with E-state index in [1.807, 2.05) is 19.0 Å². The minimum Gasteiger partial charge on any atom is -0.496 e. The first-order valence-corrected chi connectivity index (χ1v) is 7.87. The maximum atomic E-state index is 9.23. The van der Waals surface area contributed by atoms with E-state index in [4.69, 9.17) is 4.74 Å². The number of methoxy groups -OCH3 is 1. The summed E-state index contributed by atoms with van der Waals surface area (Å²) in [5, 5.41) is 0. The number of hydrogen-bond donors (Lipinski definition) is 2. The quantitative estimate of drug-likeness (QED) is 0.643. The molecule has 1 rings (SSSR count). The zero-order valence-electron chi connectivity index (χ0n) is 12.5. The summed E-state index contributed by atoms with van der Waals surface area (Å²) in [7, 11) is -0.179. The summed E-state index contributed by atoms with van der Waals surface area (Å²) in [6.07, 6.45) is 1.51. The van der Waals surface area contributed by atoms with E-state index in [1.165, 1.54) is 5.56 Å². The van der Waals surface area contributed by atoms with Crippen molar-refractivity contribution in [3.63, 3.8) is 0 Å². The van der Waals surface area contributed by atoms with E-state index in [0.717, 1.165) is 17.7 Å². The highest BCUT2D eigenvalue weighted by molar-refractivity contribution is 7.81. The molecule has 5 heteroatoms. The zero-order chi connectivity index (χ0) is 14.6. The summed E-state index contributed by atoms with van der Waals surface area (Å²) in [5.41, 5.74) is 2.50. The highest BCUT2D eigenvalue weighted by Crippen LogP contribution is 2.32. The Morgan fingerprint density at radius 2 is 1.89 bits per heavy atom. The Balaban J connectivity index is 2.95. The molecule has 3 nitrogen and oxygen atoms in total. The molecule has 0 saturated heterocycles. The van der Waals surface area contributed by atoms with Gasteiger partial charge in [0.25, 0.3) is 0 Å². The van der Waals surface area contributed by atoms with Crippen LogP contribution < -0.4 is 4.74 Å². The van der Waals surface area contributed by atoms with E-state index in [9.17, 15) is 9.79 Å². The second kappa shape index (κ2) is 6.74. The van der Waals surface area contributed by atoms with Crippen LogP contribution >= 0.6 is 8.25 Å². The van der Waals surface area contributed by atoms with E-state index in [-0.39, 0.29) is 11.8 Å². The first kappa shape index (κ1) is 16.5. The van der Waals surface area contributed by atoms with Crippen LogP contribution in [-0.4, -0.2) is 23.3 Å². The molecule has 2 N–H and O–H groups in total. The number of benzene rings is 1. The van der Waals surface area contributed by atoms with Crippen LogP contribution in [0.15, 0.2) is 18.2 Å². The van der Waals surface area contributed by atoms with E-state index in [0.29, 0.717) is 6.32 Å². The van der Waals surface area contributed by atoms with Crippen molar-refractivity contribution in [2.75, 3.05) is 7.11 Å². The van der Waals surface area contributed by atoms with Crippen LogP contribution in [0.3, 0.4) is 0 Å². The molecule has 0 amide bonds. The van der Waals surface area contributed by atoms with Crippen LogP contribution in [0, 0.1) is 5.41 Å². The van der Waals surface area contributed by atoms with Gasteiger partial charge in [-0.05, 0) is 29.8 Å². The molecule has 0 aliphatic rings. The molecule has 1 aromatic carbocycles. The Morgan fingerprint density at radius 3 is 2.37 bits per heavy atom. The van der Waals surface area contributed by atoms with Crippen molar-refractivity contribution < 1.29 is 14.5 Å². The lowest BCUT2D eigenvalue weighted by Gasteiger charge is -2.21. The number of ether oxygens (including phenoxy) is 1. The largest absolute Gasteiger partial charge is 0.496 e. The molecule has 0 bridgehead atoms. The fourth-order valence-corrected chi connectivity index (χ4v) is 2.47. The van der Waals surface area contributed by atoms with Gasteiger partial charge in [0.1, 0.15) is 14.0 Å². The Morgan fingerprint density at radius 1 is 1.26 bits per heavy atom. The fraction of sp³-hybridized carbons (Fsp3) is 0.571. The summed E-state index contributed by atoms with van der Waals surface area (Å²) in [6, 6.07) is 6.10. The summed E-state index contributed by atoms with van der Waals surface area (Å²) in [4.78, 5) is 18.5. The van der Waals surface area contributed by atoms with Crippen molar-refractivity contribution in [3.05, 3.63) is 29.3 Å². The lowest BCUT2D eigenvalue weighted by molar-refractivity contribution is 0.378. The molecule has 106 valence electrons. The van der Waals surface area contributed by atoms with E-state index in [1.54, 1.807) is 7.11 Å². The maximum absolute atomic E-state index is 9.23. The molecule has 0 fully saturated rings. The molecule has 0 atom stereocenters. The van der Waals surface area contributed by atoms with Gasteiger partial charge in [0.05, 0.1) is 7.11 Å². The van der Waals surface area contributed by atoms with Gasteiger partial charge >= 0.3 is 0 Å². The average Bonchev–Trinajstić information content (AvgIpc) is 2.27. The van der Waals surface area contributed by atoms with Crippen LogP contribution in [0.1, 0.15) is 31.9 Å². The van der Waals surface area contributed by atoms with Crippen LogP contribution in [0.4, 0.5) is 0 Å². The van der Waals surface area contributed by atoms with Gasteiger partial charge in [0.2, 0.25) is 6.43 Å². The van der Waals surface area contributed by atoms with Crippen molar-refractivity contribution in [1.82, 2.24) is 0 Å². The minimum atomic E-state index is -1.86. The van der Waals surface area contributed by atoms with Gasteiger partial charge < -0.3 is 14.5 Å². The summed E-state index contributed by atoms with van der Waals surface area (Å²) < 4.78 is 5.40. The molecule has 1 aromatic rings. The first-order valence-electron chi connectivity index (χ1n) is 6.55. The molecule has 0 aliphatic carbocycles. The fourth-order valence-electron chi connectivity index (χ4n) is 2.09. The van der Waals surface area contributed by atoms with Gasteiger partial charge in [0.15, 0.2) is 0 Å². The number of rotatable bonds is 5. The Hall–Kier alpha value is -0.565. The molecule has 0 saturated carbocycles. The van der Waals surface area contributed by atoms with Gasteiger partial charge in [-0.25, -0.2) is 0 Å². The third-order valence-corrected chi connectivity index (χ3v) is 3.96. The topological polar surface area (TPSA) is 49.7 Å². The summed E-state index contributed by atoms with van der Waals surface area (Å²) in [5.74, 6) is 0.904. The van der Waals surface area contributed by atoms with Crippen molar-refractivity contribution in [2.24, 2.45) is 5.41 Å². The molecule has 0 unspecified atom stereocenters. The van der Waals surface area contributed by atoms with Crippen molar-refractivity contribution >= 4 is 14.7 Å². The van der Waals surface area contributed by atoms with E-state index in [2.05, 4.69) is 26.8 Å². The Labute approximate surface area is 118 Å². The Bertz CT molecular complexity index is 416. The Kier molecular flexibility index (Phi) is 5.85. The SMILES string of the molecule is COc1ccc(CB(C)P(O)O)cc1CC(C)(C)C. The average molecular weight is 282 g/mol. The highest BCUT2D eigenvalue weighted by atomic mass is 31.2. The molecule has 0 aliphatic heterocycles. The third kappa shape index (κ3) is 5.52. The molecule has 19 heavy (non-hydrogen) atoms. The third-order valence-electron chi connectivity index (χ3n) is 2.99. The monoisotopic (exact) mass is 282 g/mol. The van der Waals surface area contributed by atoms with Crippen molar-refractivity contribution in [3.8, 4) is 5.75 Å². The normalized spacial score (nSPS) is 11.8. The van der Waals surface area contributed by atoms with Crippen molar-refractivity contribution in [2.45, 2.75) is 40.3 Å². The summed E-state index contributed by atoms with van der Waals surface area (Å²) >= 11 is 0. The molecule has 0 aromatic heterocycles. The predicted molar refractivity (Wildman–Crippen MR) is 82.8 cm³/mol. The van der Waals surface area contributed by atoms with Gasteiger partial charge in [-0.15, -0.1) is 0 Å². The van der Waals surface area contributed by atoms with Gasteiger partial charge in [0, 0.05) is 0 Å². The molecular formula is C14H24BO3P. The van der Waals surface area contributed by atoms with E-state index >= 15 is 0 Å².